The van der Waals surface area contributed by atoms with E-state index in [1.165, 1.54) is 7.11 Å². The lowest BCUT2D eigenvalue weighted by atomic mass is 10.1. The van der Waals surface area contributed by atoms with E-state index in [0.717, 1.165) is 5.56 Å². The molecule has 0 bridgehead atoms. The summed E-state index contributed by atoms with van der Waals surface area (Å²) in [5, 5.41) is 2.77. The van der Waals surface area contributed by atoms with Gasteiger partial charge in [-0.25, -0.2) is 14.6 Å². The Morgan fingerprint density at radius 1 is 1.23 bits per heavy atom. The van der Waals surface area contributed by atoms with Gasteiger partial charge in [0, 0.05) is 6.42 Å². The van der Waals surface area contributed by atoms with E-state index in [0.29, 0.717) is 12.2 Å². The Morgan fingerprint density at radius 2 is 1.88 bits per heavy atom. The Balaban J connectivity index is 2.28. The van der Waals surface area contributed by atoms with Crippen molar-refractivity contribution in [2.24, 2.45) is 0 Å². The molecule has 1 heterocycles. The molecular weight excluding hydrogens is 336 g/mol. The van der Waals surface area contributed by atoms with Crippen LogP contribution in [0.15, 0.2) is 34.7 Å². The standard InChI is InChI=1S/C19H24N2O5/c1-12-15(17(22)24-5)21-16(25-12)14(11-13-9-7-6-8-10-13)20-18(23)26-19(2,3)4/h6-10,14H,11H2,1-5H3,(H,20,23). The van der Waals surface area contributed by atoms with Gasteiger partial charge in [-0.1, -0.05) is 30.3 Å². The van der Waals surface area contributed by atoms with Crippen LogP contribution in [0, 0.1) is 6.92 Å². The number of hydrogen-bond donors (Lipinski definition) is 1. The fraction of sp³-hybridized carbons (Fsp3) is 0.421. The van der Waals surface area contributed by atoms with E-state index >= 15 is 0 Å². The molecule has 2 aromatic rings. The number of nitrogens with one attached hydrogen (secondary N) is 1. The number of benzene rings is 1. The summed E-state index contributed by atoms with van der Waals surface area (Å²) in [5.41, 5.74) is 0.431. The van der Waals surface area contributed by atoms with E-state index in [9.17, 15) is 9.59 Å². The third kappa shape index (κ3) is 5.34. The number of aromatic nitrogens is 1. The van der Waals surface area contributed by atoms with Crippen LogP contribution in [0.4, 0.5) is 4.79 Å². The van der Waals surface area contributed by atoms with Gasteiger partial charge in [-0.2, -0.15) is 0 Å². The Hall–Kier alpha value is -2.83. The lowest BCUT2D eigenvalue weighted by Gasteiger charge is -2.22. The highest BCUT2D eigenvalue weighted by Gasteiger charge is 2.27. The molecule has 1 atom stereocenters. The van der Waals surface area contributed by atoms with Gasteiger partial charge in [0.1, 0.15) is 17.4 Å². The molecule has 140 valence electrons. The number of carbonyl (C=O) groups excluding carboxylic acids is 2. The predicted molar refractivity (Wildman–Crippen MR) is 94.8 cm³/mol. The van der Waals surface area contributed by atoms with Crippen LogP contribution in [0.2, 0.25) is 0 Å². The normalized spacial score (nSPS) is 12.3. The Labute approximate surface area is 152 Å². The van der Waals surface area contributed by atoms with E-state index < -0.39 is 23.7 Å². The van der Waals surface area contributed by atoms with Crippen LogP contribution in [0.3, 0.4) is 0 Å². The molecule has 1 aromatic heterocycles. The number of carbonyl (C=O) groups is 2. The minimum absolute atomic E-state index is 0.0894. The van der Waals surface area contributed by atoms with Gasteiger partial charge < -0.3 is 19.2 Å². The van der Waals surface area contributed by atoms with Crippen molar-refractivity contribution in [1.82, 2.24) is 10.3 Å². The first kappa shape index (κ1) is 19.5. The summed E-state index contributed by atoms with van der Waals surface area (Å²) in [4.78, 5) is 28.2. The predicted octanol–water partition coefficient (Wildman–Crippen LogP) is 3.58. The monoisotopic (exact) mass is 360 g/mol. The average molecular weight is 360 g/mol. The molecule has 1 N–H and O–H groups in total. The molecular formula is C19H24N2O5. The smallest absolute Gasteiger partial charge is 0.408 e. The zero-order valence-electron chi connectivity index (χ0n) is 15.7. The van der Waals surface area contributed by atoms with Gasteiger partial charge in [-0.15, -0.1) is 0 Å². The van der Waals surface area contributed by atoms with Crippen LogP contribution in [-0.2, 0) is 15.9 Å². The zero-order chi connectivity index (χ0) is 19.3. The molecule has 0 aliphatic heterocycles. The van der Waals surface area contributed by atoms with Crippen molar-refractivity contribution in [2.75, 3.05) is 7.11 Å². The van der Waals surface area contributed by atoms with Crippen molar-refractivity contribution in [3.8, 4) is 0 Å². The van der Waals surface area contributed by atoms with Crippen molar-refractivity contribution >= 4 is 12.1 Å². The van der Waals surface area contributed by atoms with Gasteiger partial charge in [0.2, 0.25) is 5.89 Å². The number of ether oxygens (including phenoxy) is 2. The number of oxazole rings is 1. The quantitative estimate of drug-likeness (QED) is 0.820. The van der Waals surface area contributed by atoms with E-state index in [1.807, 2.05) is 30.3 Å². The minimum atomic E-state index is -0.634. The van der Waals surface area contributed by atoms with Gasteiger partial charge in [-0.3, -0.25) is 0 Å². The minimum Gasteiger partial charge on any atom is -0.464 e. The molecule has 0 radical (unpaired) electrons. The molecule has 7 nitrogen and oxygen atoms in total. The van der Waals surface area contributed by atoms with Crippen LogP contribution in [-0.4, -0.2) is 29.8 Å². The van der Waals surface area contributed by atoms with Crippen LogP contribution < -0.4 is 5.32 Å². The van der Waals surface area contributed by atoms with Gasteiger partial charge >= 0.3 is 12.1 Å². The highest BCUT2D eigenvalue weighted by atomic mass is 16.6. The van der Waals surface area contributed by atoms with Crippen LogP contribution in [0.5, 0.6) is 0 Å². The lowest BCUT2D eigenvalue weighted by molar-refractivity contribution is 0.0494. The maximum atomic E-state index is 12.2. The molecule has 1 aromatic carbocycles. The maximum absolute atomic E-state index is 12.2. The van der Waals surface area contributed by atoms with Gasteiger partial charge in [0.15, 0.2) is 5.69 Å². The number of rotatable bonds is 5. The molecule has 0 fully saturated rings. The van der Waals surface area contributed by atoms with Crippen molar-refractivity contribution < 1.29 is 23.5 Å². The molecule has 7 heteroatoms. The topological polar surface area (TPSA) is 90.7 Å². The highest BCUT2D eigenvalue weighted by molar-refractivity contribution is 5.88. The summed E-state index contributed by atoms with van der Waals surface area (Å²) < 4.78 is 15.6. The van der Waals surface area contributed by atoms with Gasteiger partial charge in [0.25, 0.3) is 0 Å². The molecule has 0 aliphatic carbocycles. The fourth-order valence-electron chi connectivity index (χ4n) is 2.35. The number of alkyl carbamates (subject to hydrolysis) is 1. The largest absolute Gasteiger partial charge is 0.464 e. The lowest BCUT2D eigenvalue weighted by Crippen LogP contribution is -2.36. The number of aryl methyl sites for hydroxylation is 1. The Morgan fingerprint density at radius 3 is 2.46 bits per heavy atom. The van der Waals surface area contributed by atoms with E-state index in [2.05, 4.69) is 10.3 Å². The second-order valence-corrected chi connectivity index (χ2v) is 6.84. The molecule has 0 spiro atoms. The highest BCUT2D eigenvalue weighted by Crippen LogP contribution is 2.22. The molecule has 0 aliphatic rings. The summed E-state index contributed by atoms with van der Waals surface area (Å²) in [6.45, 7) is 6.96. The van der Waals surface area contributed by atoms with Crippen molar-refractivity contribution in [2.45, 2.75) is 45.8 Å². The number of esters is 1. The van der Waals surface area contributed by atoms with Crippen molar-refractivity contribution in [1.29, 1.82) is 0 Å². The first-order valence-electron chi connectivity index (χ1n) is 8.28. The van der Waals surface area contributed by atoms with Crippen LogP contribution in [0.25, 0.3) is 0 Å². The summed E-state index contributed by atoms with van der Waals surface area (Å²) in [5.74, 6) is -0.0401. The van der Waals surface area contributed by atoms with Crippen molar-refractivity contribution in [3.05, 3.63) is 53.2 Å². The van der Waals surface area contributed by atoms with Gasteiger partial charge in [0.05, 0.1) is 7.11 Å². The first-order chi connectivity index (χ1) is 12.2. The SMILES string of the molecule is COC(=O)c1nc(C(Cc2ccccc2)NC(=O)OC(C)(C)C)oc1C. The summed E-state index contributed by atoms with van der Waals surface area (Å²) >= 11 is 0. The van der Waals surface area contributed by atoms with E-state index in [1.54, 1.807) is 27.7 Å². The average Bonchev–Trinajstić information content (AvgIpc) is 2.94. The Bertz CT molecular complexity index is 762. The van der Waals surface area contributed by atoms with Crippen molar-refractivity contribution in [3.63, 3.8) is 0 Å². The second kappa shape index (κ2) is 8.03. The molecule has 1 amide bonds. The first-order valence-corrected chi connectivity index (χ1v) is 8.28. The third-order valence-electron chi connectivity index (χ3n) is 3.46. The fourth-order valence-corrected chi connectivity index (χ4v) is 2.35. The second-order valence-electron chi connectivity index (χ2n) is 6.84. The summed E-state index contributed by atoms with van der Waals surface area (Å²) in [6.07, 6.45) is -0.158. The number of methoxy groups -OCH3 is 1. The summed E-state index contributed by atoms with van der Waals surface area (Å²) in [6, 6.07) is 8.98. The number of nitrogens with zero attached hydrogens (tertiary/aromatic N) is 1. The number of hydrogen-bond acceptors (Lipinski definition) is 6. The van der Waals surface area contributed by atoms with E-state index in [4.69, 9.17) is 13.9 Å². The molecule has 2 rings (SSSR count). The van der Waals surface area contributed by atoms with Crippen LogP contribution >= 0.6 is 0 Å². The zero-order valence-corrected chi connectivity index (χ0v) is 15.7. The third-order valence-corrected chi connectivity index (χ3v) is 3.46. The molecule has 0 saturated heterocycles. The maximum Gasteiger partial charge on any atom is 0.408 e. The Kier molecular flexibility index (Phi) is 6.02. The van der Waals surface area contributed by atoms with E-state index in [-0.39, 0.29) is 11.6 Å². The van der Waals surface area contributed by atoms with Gasteiger partial charge in [-0.05, 0) is 33.3 Å². The van der Waals surface area contributed by atoms with Crippen LogP contribution in [0.1, 0.15) is 54.5 Å². The number of amides is 1. The molecule has 26 heavy (non-hydrogen) atoms. The summed E-state index contributed by atoms with van der Waals surface area (Å²) in [7, 11) is 1.27. The molecule has 0 saturated carbocycles. The molecule has 1 unspecified atom stereocenters.